The molecule has 0 saturated carbocycles. The molecule has 0 saturated heterocycles. The summed E-state index contributed by atoms with van der Waals surface area (Å²) in [4.78, 5) is 4.08. The number of nitrogens with one attached hydrogen (secondary N) is 1. The van der Waals surface area contributed by atoms with E-state index in [0.717, 1.165) is 6.07 Å². The van der Waals surface area contributed by atoms with Crippen molar-refractivity contribution in [3.63, 3.8) is 0 Å². The molecule has 94 valence electrons. The van der Waals surface area contributed by atoms with Crippen molar-refractivity contribution in [1.82, 2.24) is 4.98 Å². The minimum atomic E-state index is -1.22. The van der Waals surface area contributed by atoms with Crippen molar-refractivity contribution in [2.24, 2.45) is 0 Å². The highest BCUT2D eigenvalue weighted by Crippen LogP contribution is 2.23. The van der Waals surface area contributed by atoms with Gasteiger partial charge in [0.2, 0.25) is 0 Å². The van der Waals surface area contributed by atoms with Crippen molar-refractivity contribution in [2.75, 3.05) is 5.32 Å². The van der Waals surface area contributed by atoms with Crippen LogP contribution in [0.3, 0.4) is 0 Å². The molecule has 0 aliphatic heterocycles. The van der Waals surface area contributed by atoms with Gasteiger partial charge in [0.1, 0.15) is 5.82 Å². The van der Waals surface area contributed by atoms with Crippen LogP contribution < -0.4 is 5.32 Å². The van der Waals surface area contributed by atoms with E-state index < -0.39 is 17.5 Å². The molecule has 0 amide bonds. The third-order valence-corrected chi connectivity index (χ3v) is 2.50. The summed E-state index contributed by atoms with van der Waals surface area (Å²) in [7, 11) is 0. The highest BCUT2D eigenvalue weighted by molar-refractivity contribution is 5.47. The summed E-state index contributed by atoms with van der Waals surface area (Å²) in [5.74, 6) is -3.14. The van der Waals surface area contributed by atoms with E-state index in [4.69, 9.17) is 0 Å². The number of benzene rings is 1. The Balaban J connectivity index is 2.24. The van der Waals surface area contributed by atoms with Gasteiger partial charge in [-0.05, 0) is 19.1 Å². The van der Waals surface area contributed by atoms with Crippen molar-refractivity contribution in [1.29, 1.82) is 0 Å². The van der Waals surface area contributed by atoms with Gasteiger partial charge >= 0.3 is 0 Å². The molecule has 1 atom stereocenters. The molecule has 2 nitrogen and oxygen atoms in total. The minimum absolute atomic E-state index is 0.217. The molecule has 1 aromatic carbocycles. The molecule has 0 spiro atoms. The number of rotatable bonds is 3. The van der Waals surface area contributed by atoms with Crippen LogP contribution in [0.5, 0.6) is 0 Å². The van der Waals surface area contributed by atoms with Gasteiger partial charge in [-0.1, -0.05) is 6.07 Å². The number of nitrogens with zero attached hydrogens (tertiary/aromatic N) is 1. The zero-order valence-electron chi connectivity index (χ0n) is 9.62. The molecule has 2 aromatic rings. The van der Waals surface area contributed by atoms with Gasteiger partial charge in [0.25, 0.3) is 0 Å². The summed E-state index contributed by atoms with van der Waals surface area (Å²) in [5, 5.41) is 2.69. The lowest BCUT2D eigenvalue weighted by Crippen LogP contribution is -2.10. The molecule has 0 fully saturated rings. The molecule has 0 radical (unpaired) electrons. The van der Waals surface area contributed by atoms with Gasteiger partial charge in [0, 0.05) is 18.3 Å². The fourth-order valence-corrected chi connectivity index (χ4v) is 1.60. The van der Waals surface area contributed by atoms with Crippen molar-refractivity contribution < 1.29 is 13.2 Å². The standard InChI is InChI=1S/C13H11F3N2/c1-8(11-4-2-3-5-17-11)18-12-7-9(14)6-10(15)13(12)16/h2-8,18H,1H3. The van der Waals surface area contributed by atoms with E-state index in [1.807, 2.05) is 0 Å². The molecular weight excluding hydrogens is 241 g/mol. The number of aromatic nitrogens is 1. The van der Waals surface area contributed by atoms with Gasteiger partial charge in [0.15, 0.2) is 11.6 Å². The molecule has 1 N–H and O–H groups in total. The van der Waals surface area contributed by atoms with Crippen LogP contribution in [-0.2, 0) is 0 Å². The van der Waals surface area contributed by atoms with Gasteiger partial charge < -0.3 is 5.32 Å². The van der Waals surface area contributed by atoms with Crippen LogP contribution in [0.1, 0.15) is 18.7 Å². The average Bonchev–Trinajstić information content (AvgIpc) is 2.36. The van der Waals surface area contributed by atoms with Crippen LogP contribution in [0.15, 0.2) is 36.5 Å². The maximum absolute atomic E-state index is 13.4. The number of halogens is 3. The highest BCUT2D eigenvalue weighted by atomic mass is 19.2. The van der Waals surface area contributed by atoms with Crippen LogP contribution >= 0.6 is 0 Å². The number of anilines is 1. The third-order valence-electron chi connectivity index (χ3n) is 2.50. The topological polar surface area (TPSA) is 24.9 Å². The zero-order valence-corrected chi connectivity index (χ0v) is 9.62. The molecule has 0 aliphatic carbocycles. The van der Waals surface area contributed by atoms with E-state index in [1.165, 1.54) is 0 Å². The predicted octanol–water partition coefficient (Wildman–Crippen LogP) is 3.67. The lowest BCUT2D eigenvalue weighted by molar-refractivity contribution is 0.496. The Hall–Kier alpha value is -2.04. The van der Waals surface area contributed by atoms with Crippen molar-refractivity contribution in [3.8, 4) is 0 Å². The van der Waals surface area contributed by atoms with E-state index in [1.54, 1.807) is 31.3 Å². The molecule has 2 rings (SSSR count). The van der Waals surface area contributed by atoms with Gasteiger partial charge in [-0.15, -0.1) is 0 Å². The smallest absolute Gasteiger partial charge is 0.182 e. The van der Waals surface area contributed by atoms with Gasteiger partial charge in [-0.3, -0.25) is 4.98 Å². The van der Waals surface area contributed by atoms with E-state index in [-0.39, 0.29) is 11.7 Å². The fourth-order valence-electron chi connectivity index (χ4n) is 1.60. The van der Waals surface area contributed by atoms with E-state index in [0.29, 0.717) is 11.8 Å². The molecular formula is C13H11F3N2. The number of hydrogen-bond acceptors (Lipinski definition) is 2. The lowest BCUT2D eigenvalue weighted by atomic mass is 10.2. The van der Waals surface area contributed by atoms with Crippen LogP contribution in [0.25, 0.3) is 0 Å². The monoisotopic (exact) mass is 252 g/mol. The van der Waals surface area contributed by atoms with E-state index >= 15 is 0 Å². The lowest BCUT2D eigenvalue weighted by Gasteiger charge is -2.15. The zero-order chi connectivity index (χ0) is 13.1. The second-order valence-corrected chi connectivity index (χ2v) is 3.87. The molecule has 18 heavy (non-hydrogen) atoms. The Kier molecular flexibility index (Phi) is 3.50. The van der Waals surface area contributed by atoms with Crippen molar-refractivity contribution >= 4 is 5.69 Å². The molecule has 0 bridgehead atoms. The Labute approximate surface area is 102 Å². The second kappa shape index (κ2) is 5.08. The van der Waals surface area contributed by atoms with E-state index in [9.17, 15) is 13.2 Å². The molecule has 1 unspecified atom stereocenters. The maximum Gasteiger partial charge on any atom is 0.182 e. The van der Waals surface area contributed by atoms with Crippen molar-refractivity contribution in [2.45, 2.75) is 13.0 Å². The summed E-state index contributed by atoms with van der Waals surface area (Å²) in [6.07, 6.45) is 1.59. The Morgan fingerprint density at radius 2 is 1.94 bits per heavy atom. The highest BCUT2D eigenvalue weighted by Gasteiger charge is 2.14. The third kappa shape index (κ3) is 2.61. The second-order valence-electron chi connectivity index (χ2n) is 3.87. The molecule has 1 heterocycles. The summed E-state index contributed by atoms with van der Waals surface area (Å²) in [6, 6.07) is 6.33. The van der Waals surface area contributed by atoms with E-state index in [2.05, 4.69) is 10.3 Å². The predicted molar refractivity (Wildman–Crippen MR) is 62.6 cm³/mol. The summed E-state index contributed by atoms with van der Waals surface area (Å²) in [6.45, 7) is 1.73. The summed E-state index contributed by atoms with van der Waals surface area (Å²) >= 11 is 0. The number of hydrogen-bond donors (Lipinski definition) is 1. The Morgan fingerprint density at radius 1 is 1.17 bits per heavy atom. The average molecular weight is 252 g/mol. The van der Waals surface area contributed by atoms with Gasteiger partial charge in [-0.2, -0.15) is 0 Å². The normalized spacial score (nSPS) is 12.2. The Morgan fingerprint density at radius 3 is 2.61 bits per heavy atom. The van der Waals surface area contributed by atoms with Gasteiger partial charge in [0.05, 0.1) is 17.4 Å². The van der Waals surface area contributed by atoms with Crippen LogP contribution in [-0.4, -0.2) is 4.98 Å². The summed E-state index contributed by atoms with van der Waals surface area (Å²) in [5.41, 5.74) is 0.437. The minimum Gasteiger partial charge on any atom is -0.374 e. The first-order valence-electron chi connectivity index (χ1n) is 5.40. The van der Waals surface area contributed by atoms with Crippen LogP contribution in [0, 0.1) is 17.5 Å². The summed E-state index contributed by atoms with van der Waals surface area (Å²) < 4.78 is 39.5. The molecule has 1 aromatic heterocycles. The van der Waals surface area contributed by atoms with Gasteiger partial charge in [-0.25, -0.2) is 13.2 Å². The first kappa shape index (κ1) is 12.4. The van der Waals surface area contributed by atoms with Crippen LogP contribution in [0.2, 0.25) is 0 Å². The largest absolute Gasteiger partial charge is 0.374 e. The first-order chi connectivity index (χ1) is 8.58. The van der Waals surface area contributed by atoms with Crippen LogP contribution in [0.4, 0.5) is 18.9 Å². The fraction of sp³-hybridized carbons (Fsp3) is 0.154. The van der Waals surface area contributed by atoms with Crippen molar-refractivity contribution in [3.05, 3.63) is 59.7 Å². The number of pyridine rings is 1. The first-order valence-corrected chi connectivity index (χ1v) is 5.40. The SMILES string of the molecule is CC(Nc1cc(F)cc(F)c1F)c1ccccn1. The molecule has 0 aliphatic rings. The molecule has 5 heteroatoms. The Bertz CT molecular complexity index is 543. The quantitative estimate of drug-likeness (QED) is 0.843. The maximum atomic E-state index is 13.4.